The van der Waals surface area contributed by atoms with Gasteiger partial charge in [-0.15, -0.1) is 0 Å². The van der Waals surface area contributed by atoms with Gasteiger partial charge in [0.2, 0.25) is 0 Å². The molecule has 39 heavy (non-hydrogen) atoms. The Labute approximate surface area is 221 Å². The molecule has 0 atom stereocenters. The number of methoxy groups -OCH3 is 1. The number of carbonyl (C=O) groups is 3. The predicted octanol–water partition coefficient (Wildman–Crippen LogP) is 4.90. The number of hydrogen-bond donors (Lipinski definition) is 3. The third-order valence-electron chi connectivity index (χ3n) is 5.12. The standard InChI is InChI=1S/C26H25FN6O6/c1-26(2,3)39-25(36)33-13-15(12-30-33)32-24(35)31-14-5-6-21(18(27)9-14)38-20-7-8-29-19-11-22(37-4)17(23(28)34)10-16(19)20/h5-13H,1-4H3,(H2,28,34)(H2,31,32,35). The Balaban J connectivity index is 1.46. The fourth-order valence-corrected chi connectivity index (χ4v) is 3.47. The van der Waals surface area contributed by atoms with Crippen molar-refractivity contribution in [3.63, 3.8) is 0 Å². The number of nitrogens with one attached hydrogen (secondary N) is 2. The number of amides is 3. The number of hydrogen-bond acceptors (Lipinski definition) is 8. The molecule has 0 fully saturated rings. The summed E-state index contributed by atoms with van der Waals surface area (Å²) in [6.45, 7) is 5.15. The Morgan fingerprint density at radius 2 is 1.74 bits per heavy atom. The minimum Gasteiger partial charge on any atom is -0.496 e. The molecule has 202 valence electrons. The van der Waals surface area contributed by atoms with E-state index in [4.69, 9.17) is 19.9 Å². The molecule has 13 heteroatoms. The second kappa shape index (κ2) is 10.7. The second-order valence-corrected chi connectivity index (χ2v) is 9.22. The fraction of sp³-hybridized carbons (Fsp3) is 0.192. The Morgan fingerprint density at radius 3 is 2.41 bits per heavy atom. The third kappa shape index (κ3) is 6.39. The Bertz CT molecular complexity index is 1580. The van der Waals surface area contributed by atoms with Gasteiger partial charge < -0.3 is 30.6 Å². The highest BCUT2D eigenvalue weighted by atomic mass is 19.1. The van der Waals surface area contributed by atoms with Crippen molar-refractivity contribution in [3.05, 3.63) is 66.4 Å². The van der Waals surface area contributed by atoms with Crippen LogP contribution in [0.2, 0.25) is 0 Å². The van der Waals surface area contributed by atoms with Crippen LogP contribution in [0.4, 0.5) is 25.4 Å². The van der Waals surface area contributed by atoms with E-state index in [-0.39, 0.29) is 34.2 Å². The number of pyridine rings is 1. The van der Waals surface area contributed by atoms with Gasteiger partial charge in [-0.3, -0.25) is 9.78 Å². The quantitative estimate of drug-likeness (QED) is 0.314. The molecule has 0 saturated carbocycles. The summed E-state index contributed by atoms with van der Waals surface area (Å²) in [5.74, 6) is -1.13. The molecule has 4 N–H and O–H groups in total. The molecule has 0 unspecified atom stereocenters. The summed E-state index contributed by atoms with van der Waals surface area (Å²) in [6, 6.07) is 7.64. The molecule has 0 saturated heterocycles. The summed E-state index contributed by atoms with van der Waals surface area (Å²) in [6.07, 6.45) is 3.30. The number of halogens is 1. The zero-order valence-electron chi connectivity index (χ0n) is 21.4. The number of urea groups is 1. The maximum absolute atomic E-state index is 14.9. The van der Waals surface area contributed by atoms with Crippen LogP contribution in [-0.4, -0.2) is 45.5 Å². The van der Waals surface area contributed by atoms with E-state index in [9.17, 15) is 18.8 Å². The van der Waals surface area contributed by atoms with Crippen LogP contribution in [0.15, 0.2) is 55.0 Å². The zero-order valence-corrected chi connectivity index (χ0v) is 21.4. The monoisotopic (exact) mass is 536 g/mol. The smallest absolute Gasteiger partial charge is 0.435 e. The number of nitrogens with two attached hydrogens (primary N) is 1. The first-order valence-corrected chi connectivity index (χ1v) is 11.5. The molecule has 2 aromatic carbocycles. The first kappa shape index (κ1) is 26.9. The Morgan fingerprint density at radius 1 is 1.00 bits per heavy atom. The van der Waals surface area contributed by atoms with Gasteiger partial charge in [0.1, 0.15) is 17.1 Å². The fourth-order valence-electron chi connectivity index (χ4n) is 3.47. The summed E-state index contributed by atoms with van der Waals surface area (Å²) >= 11 is 0. The van der Waals surface area contributed by atoms with Gasteiger partial charge in [-0.2, -0.15) is 9.78 Å². The molecule has 0 aliphatic rings. The van der Waals surface area contributed by atoms with Crippen molar-refractivity contribution in [2.24, 2.45) is 5.73 Å². The summed E-state index contributed by atoms with van der Waals surface area (Å²) < 4.78 is 32.0. The lowest BCUT2D eigenvalue weighted by Crippen LogP contribution is -2.27. The van der Waals surface area contributed by atoms with Gasteiger partial charge >= 0.3 is 12.1 Å². The first-order valence-electron chi connectivity index (χ1n) is 11.5. The lowest BCUT2D eigenvalue weighted by molar-refractivity contribution is 0.0514. The van der Waals surface area contributed by atoms with Crippen molar-refractivity contribution in [1.29, 1.82) is 0 Å². The molecular formula is C26H25FN6O6. The normalized spacial score (nSPS) is 11.1. The van der Waals surface area contributed by atoms with Crippen LogP contribution in [0.3, 0.4) is 0 Å². The van der Waals surface area contributed by atoms with Gasteiger partial charge in [0.05, 0.1) is 36.3 Å². The Kier molecular flexibility index (Phi) is 7.33. The number of ether oxygens (including phenoxy) is 3. The van der Waals surface area contributed by atoms with E-state index in [1.165, 1.54) is 56.0 Å². The first-order chi connectivity index (χ1) is 18.4. The summed E-state index contributed by atoms with van der Waals surface area (Å²) in [5, 5.41) is 9.26. The predicted molar refractivity (Wildman–Crippen MR) is 140 cm³/mol. The van der Waals surface area contributed by atoms with E-state index >= 15 is 0 Å². The maximum Gasteiger partial charge on any atom is 0.435 e. The maximum atomic E-state index is 14.9. The molecule has 4 aromatic rings. The molecule has 2 heterocycles. The van der Waals surface area contributed by atoms with Crippen LogP contribution in [0, 0.1) is 5.82 Å². The number of rotatable bonds is 6. The van der Waals surface area contributed by atoms with Crippen LogP contribution >= 0.6 is 0 Å². The molecule has 2 aromatic heterocycles. The van der Waals surface area contributed by atoms with Crippen molar-refractivity contribution in [1.82, 2.24) is 14.8 Å². The van der Waals surface area contributed by atoms with E-state index in [0.717, 1.165) is 10.7 Å². The summed E-state index contributed by atoms with van der Waals surface area (Å²) in [5.41, 5.74) is 5.65. The van der Waals surface area contributed by atoms with Crippen LogP contribution < -0.4 is 25.8 Å². The van der Waals surface area contributed by atoms with Gasteiger partial charge in [0.15, 0.2) is 11.6 Å². The van der Waals surface area contributed by atoms with Crippen molar-refractivity contribution in [3.8, 4) is 17.2 Å². The molecule has 0 bridgehead atoms. The lowest BCUT2D eigenvalue weighted by atomic mass is 10.1. The van der Waals surface area contributed by atoms with Crippen LogP contribution in [-0.2, 0) is 4.74 Å². The highest BCUT2D eigenvalue weighted by Gasteiger charge is 2.19. The van der Waals surface area contributed by atoms with E-state index in [0.29, 0.717) is 10.9 Å². The van der Waals surface area contributed by atoms with Crippen LogP contribution in [0.5, 0.6) is 17.2 Å². The number of primary amides is 1. The van der Waals surface area contributed by atoms with Gasteiger partial charge in [-0.05, 0) is 45.0 Å². The minimum absolute atomic E-state index is 0.116. The molecule has 0 aliphatic carbocycles. The van der Waals surface area contributed by atoms with Gasteiger partial charge in [0, 0.05) is 29.4 Å². The van der Waals surface area contributed by atoms with Crippen molar-refractivity contribution in [2.45, 2.75) is 26.4 Å². The second-order valence-electron chi connectivity index (χ2n) is 9.22. The number of aromatic nitrogens is 3. The van der Waals surface area contributed by atoms with Crippen molar-refractivity contribution in [2.75, 3.05) is 17.7 Å². The number of carbonyl (C=O) groups excluding carboxylic acids is 3. The molecule has 3 amide bonds. The topological polar surface area (TPSA) is 160 Å². The lowest BCUT2D eigenvalue weighted by Gasteiger charge is -2.18. The van der Waals surface area contributed by atoms with Crippen LogP contribution in [0.25, 0.3) is 10.9 Å². The number of anilines is 2. The van der Waals surface area contributed by atoms with E-state index < -0.39 is 29.4 Å². The van der Waals surface area contributed by atoms with E-state index in [2.05, 4.69) is 20.7 Å². The minimum atomic E-state index is -0.765. The summed E-state index contributed by atoms with van der Waals surface area (Å²) in [4.78, 5) is 40.5. The highest BCUT2D eigenvalue weighted by Crippen LogP contribution is 2.34. The number of fused-ring (bicyclic) bond motifs is 1. The molecule has 0 spiro atoms. The zero-order chi connectivity index (χ0) is 28.3. The number of benzene rings is 2. The SMILES string of the molecule is COc1cc2nccc(Oc3ccc(NC(=O)Nc4cnn(C(=O)OC(C)(C)C)c4)cc3F)c2cc1C(N)=O. The Hall–Kier alpha value is -5.20. The molecule has 0 radical (unpaired) electrons. The molecule has 12 nitrogen and oxygen atoms in total. The third-order valence-corrected chi connectivity index (χ3v) is 5.12. The van der Waals surface area contributed by atoms with E-state index in [1.54, 1.807) is 20.8 Å². The average Bonchev–Trinajstić information content (AvgIpc) is 3.32. The average molecular weight is 537 g/mol. The summed E-state index contributed by atoms with van der Waals surface area (Å²) in [7, 11) is 1.40. The highest BCUT2D eigenvalue weighted by molar-refractivity contribution is 6.01. The molecular weight excluding hydrogens is 511 g/mol. The number of nitrogens with zero attached hydrogens (tertiary/aromatic N) is 3. The van der Waals surface area contributed by atoms with E-state index in [1.807, 2.05) is 0 Å². The van der Waals surface area contributed by atoms with Crippen LogP contribution in [0.1, 0.15) is 31.1 Å². The molecule has 4 rings (SSSR count). The van der Waals surface area contributed by atoms with Crippen molar-refractivity contribution < 1.29 is 33.0 Å². The molecule has 0 aliphatic heterocycles. The largest absolute Gasteiger partial charge is 0.496 e. The van der Waals surface area contributed by atoms with Gasteiger partial charge in [-0.25, -0.2) is 14.0 Å². The van der Waals surface area contributed by atoms with Crippen molar-refractivity contribution >= 4 is 40.3 Å². The van der Waals surface area contributed by atoms with Gasteiger partial charge in [0.25, 0.3) is 5.91 Å². The van der Waals surface area contributed by atoms with Gasteiger partial charge in [-0.1, -0.05) is 0 Å².